The summed E-state index contributed by atoms with van der Waals surface area (Å²) in [6.45, 7) is 4.06. The van der Waals surface area contributed by atoms with Crippen molar-refractivity contribution in [3.8, 4) is 0 Å². The van der Waals surface area contributed by atoms with E-state index in [1.807, 2.05) is 14.0 Å². The van der Waals surface area contributed by atoms with Gasteiger partial charge in [0, 0.05) is 13.6 Å². The molecular weight excluding hydrogens is 309 g/mol. The van der Waals surface area contributed by atoms with Gasteiger partial charge in [0.1, 0.15) is 22.9 Å². The van der Waals surface area contributed by atoms with Crippen LogP contribution in [0.1, 0.15) is 24.2 Å². The zero-order valence-corrected chi connectivity index (χ0v) is 14.0. The maximum atomic E-state index is 13.6. The molecule has 1 amide bonds. The number of nitrogens with zero attached hydrogens (tertiary/aromatic N) is 4. The fourth-order valence-corrected chi connectivity index (χ4v) is 2.84. The molecule has 1 aromatic carbocycles. The van der Waals surface area contributed by atoms with Gasteiger partial charge in [0.2, 0.25) is 5.91 Å². The quantitative estimate of drug-likeness (QED) is 0.780. The molecule has 0 aliphatic rings. The highest BCUT2D eigenvalue weighted by Crippen LogP contribution is 2.20. The highest BCUT2D eigenvalue weighted by Gasteiger charge is 2.20. The monoisotopic (exact) mass is 329 g/mol. The number of benzene rings is 1. The molecule has 0 radical (unpaired) electrons. The van der Waals surface area contributed by atoms with Crippen molar-refractivity contribution in [3.05, 3.63) is 47.5 Å². The largest absolute Gasteiger partial charge is 0.354 e. The first-order valence-electron chi connectivity index (χ1n) is 7.87. The molecular formula is C17H20FN5O. The molecule has 24 heavy (non-hydrogen) atoms. The number of hydrogen-bond donors (Lipinski definition) is 1. The van der Waals surface area contributed by atoms with Gasteiger partial charge in [-0.05, 0) is 31.9 Å². The third kappa shape index (κ3) is 2.89. The third-order valence-electron chi connectivity index (χ3n) is 4.17. The van der Waals surface area contributed by atoms with Crippen LogP contribution in [0.4, 0.5) is 4.39 Å². The average Bonchev–Trinajstić information content (AvgIpc) is 3.11. The second-order valence-electron chi connectivity index (χ2n) is 5.84. The molecule has 0 unspecified atom stereocenters. The predicted octanol–water partition coefficient (Wildman–Crippen LogP) is 2.14. The van der Waals surface area contributed by atoms with Crippen LogP contribution in [-0.4, -0.2) is 32.0 Å². The number of carbonyl (C=O) groups excluding carboxylic acids is 1. The van der Waals surface area contributed by atoms with E-state index < -0.39 is 6.04 Å². The van der Waals surface area contributed by atoms with E-state index >= 15 is 0 Å². The minimum Gasteiger partial charge on any atom is -0.354 e. The van der Waals surface area contributed by atoms with Gasteiger partial charge in [-0.2, -0.15) is 10.2 Å². The van der Waals surface area contributed by atoms with Crippen molar-refractivity contribution in [2.75, 3.05) is 6.54 Å². The number of rotatable bonds is 5. The number of halogens is 1. The number of fused-ring (bicyclic) bond motifs is 1. The lowest BCUT2D eigenvalue weighted by Gasteiger charge is -2.13. The molecule has 3 aromatic rings. The number of aryl methyl sites for hydroxylation is 2. The lowest BCUT2D eigenvalue weighted by molar-refractivity contribution is -0.124. The fourth-order valence-electron chi connectivity index (χ4n) is 2.84. The summed E-state index contributed by atoms with van der Waals surface area (Å²) in [6, 6.07) is 6.12. The number of carbonyl (C=O) groups is 1. The molecule has 0 fully saturated rings. The lowest BCUT2D eigenvalue weighted by atomic mass is 10.1. The molecule has 1 N–H and O–H groups in total. The summed E-state index contributed by atoms with van der Waals surface area (Å²) >= 11 is 0. The van der Waals surface area contributed by atoms with Crippen molar-refractivity contribution in [3.63, 3.8) is 0 Å². The molecule has 126 valence electrons. The number of nitrogens with one attached hydrogen (secondary N) is 1. The molecule has 3 rings (SSSR count). The average molecular weight is 329 g/mol. The third-order valence-corrected chi connectivity index (χ3v) is 4.17. The molecule has 0 aliphatic heterocycles. The summed E-state index contributed by atoms with van der Waals surface area (Å²) < 4.78 is 17.0. The van der Waals surface area contributed by atoms with Gasteiger partial charge in [0.15, 0.2) is 0 Å². The van der Waals surface area contributed by atoms with Crippen molar-refractivity contribution in [2.45, 2.75) is 26.3 Å². The summed E-state index contributed by atoms with van der Waals surface area (Å²) in [5, 5.41) is 11.5. The molecule has 1 atom stereocenters. The summed E-state index contributed by atoms with van der Waals surface area (Å²) in [4.78, 5) is 12.4. The van der Waals surface area contributed by atoms with Crippen LogP contribution >= 0.6 is 0 Å². The minimum absolute atomic E-state index is 0.153. The van der Waals surface area contributed by atoms with Crippen LogP contribution in [0.2, 0.25) is 0 Å². The Morgan fingerprint density at radius 1 is 1.38 bits per heavy atom. The van der Waals surface area contributed by atoms with E-state index in [2.05, 4.69) is 15.5 Å². The summed E-state index contributed by atoms with van der Waals surface area (Å²) in [7, 11) is 1.85. The van der Waals surface area contributed by atoms with Gasteiger partial charge in [-0.3, -0.25) is 9.48 Å². The topological polar surface area (TPSA) is 64.7 Å². The van der Waals surface area contributed by atoms with Crippen molar-refractivity contribution in [2.24, 2.45) is 7.05 Å². The van der Waals surface area contributed by atoms with E-state index in [1.165, 1.54) is 6.07 Å². The molecule has 0 saturated carbocycles. The number of aromatic nitrogens is 4. The van der Waals surface area contributed by atoms with Crippen molar-refractivity contribution < 1.29 is 9.18 Å². The van der Waals surface area contributed by atoms with E-state index in [-0.39, 0.29) is 11.7 Å². The highest BCUT2D eigenvalue weighted by molar-refractivity contribution is 5.84. The van der Waals surface area contributed by atoms with Gasteiger partial charge < -0.3 is 5.32 Å². The standard InChI is InChI=1S/C17H20FN5O/c1-11-16-15(22(3)21-11)10-20-23(16)12(2)17(24)19-9-8-13-6-4-5-7-14(13)18/h4-7,10,12H,8-9H2,1-3H3,(H,19,24)/t12-/m0/s1. The van der Waals surface area contributed by atoms with Crippen LogP contribution in [0.5, 0.6) is 0 Å². The maximum Gasteiger partial charge on any atom is 0.244 e. The van der Waals surface area contributed by atoms with E-state index in [9.17, 15) is 9.18 Å². The van der Waals surface area contributed by atoms with Gasteiger partial charge >= 0.3 is 0 Å². The van der Waals surface area contributed by atoms with E-state index in [4.69, 9.17) is 0 Å². The zero-order chi connectivity index (χ0) is 17.3. The van der Waals surface area contributed by atoms with E-state index in [0.717, 1.165) is 16.7 Å². The minimum atomic E-state index is -0.467. The maximum absolute atomic E-state index is 13.6. The van der Waals surface area contributed by atoms with E-state index in [1.54, 1.807) is 40.7 Å². The van der Waals surface area contributed by atoms with Crippen LogP contribution in [0, 0.1) is 12.7 Å². The van der Waals surface area contributed by atoms with Gasteiger partial charge in [0.05, 0.1) is 11.9 Å². The Balaban J connectivity index is 1.67. The summed E-state index contributed by atoms with van der Waals surface area (Å²) in [5.41, 5.74) is 3.17. The van der Waals surface area contributed by atoms with Crippen molar-refractivity contribution in [1.29, 1.82) is 0 Å². The van der Waals surface area contributed by atoms with Crippen molar-refractivity contribution >= 4 is 16.9 Å². The smallest absolute Gasteiger partial charge is 0.244 e. The van der Waals surface area contributed by atoms with Crippen LogP contribution in [-0.2, 0) is 18.3 Å². The molecule has 0 bridgehead atoms. The first-order valence-corrected chi connectivity index (χ1v) is 7.87. The predicted molar refractivity (Wildman–Crippen MR) is 89.1 cm³/mol. The molecule has 0 aliphatic carbocycles. The summed E-state index contributed by atoms with van der Waals surface area (Å²) in [6.07, 6.45) is 2.16. The highest BCUT2D eigenvalue weighted by atomic mass is 19.1. The zero-order valence-electron chi connectivity index (χ0n) is 14.0. The van der Waals surface area contributed by atoms with Crippen LogP contribution in [0.25, 0.3) is 11.0 Å². The van der Waals surface area contributed by atoms with Gasteiger partial charge in [0.25, 0.3) is 0 Å². The molecule has 2 aromatic heterocycles. The normalized spacial score (nSPS) is 12.5. The Morgan fingerprint density at radius 3 is 2.88 bits per heavy atom. The fraction of sp³-hybridized carbons (Fsp3) is 0.353. The molecule has 0 spiro atoms. The van der Waals surface area contributed by atoms with Crippen LogP contribution in [0.15, 0.2) is 30.5 Å². The second-order valence-corrected chi connectivity index (χ2v) is 5.84. The SMILES string of the molecule is Cc1nn(C)c2cnn([C@@H](C)C(=O)NCCc3ccccc3F)c12. The Morgan fingerprint density at radius 2 is 2.12 bits per heavy atom. The first kappa shape index (κ1) is 16.2. The van der Waals surface area contributed by atoms with Crippen LogP contribution in [0.3, 0.4) is 0 Å². The van der Waals surface area contributed by atoms with Gasteiger partial charge in [-0.15, -0.1) is 0 Å². The molecule has 7 heteroatoms. The van der Waals surface area contributed by atoms with Gasteiger partial charge in [-0.25, -0.2) is 9.07 Å². The molecule has 2 heterocycles. The lowest BCUT2D eigenvalue weighted by Crippen LogP contribution is -2.33. The Hall–Kier alpha value is -2.70. The van der Waals surface area contributed by atoms with E-state index in [0.29, 0.717) is 18.5 Å². The van der Waals surface area contributed by atoms with Crippen LogP contribution < -0.4 is 5.32 Å². The number of amides is 1. The second kappa shape index (κ2) is 6.43. The Bertz CT molecular complexity index is 882. The molecule has 0 saturated heterocycles. The summed E-state index contributed by atoms with van der Waals surface area (Å²) in [5.74, 6) is -0.404. The van der Waals surface area contributed by atoms with Gasteiger partial charge in [-0.1, -0.05) is 18.2 Å². The Kier molecular flexibility index (Phi) is 4.33. The molecule has 6 nitrogen and oxygen atoms in total. The first-order chi connectivity index (χ1) is 11.5. The van der Waals surface area contributed by atoms with Crippen molar-refractivity contribution in [1.82, 2.24) is 24.9 Å². The Labute approximate surface area is 139 Å². The number of hydrogen-bond acceptors (Lipinski definition) is 3.